The number of H-pyrrole nitrogens is 1. The number of nitrogens with one attached hydrogen (secondary N) is 4. The number of aliphatic hydroxyl groups is 5. The number of fused-ring (bicyclic) bond motifs is 3. The molecule has 40 nitrogen and oxygen atoms in total. The van der Waals surface area contributed by atoms with Crippen LogP contribution in [0.15, 0.2) is 18.6 Å². The van der Waals surface area contributed by atoms with Crippen molar-refractivity contribution in [2.45, 2.75) is 186 Å². The standard InChI is InChI=1S/C18H27ClN5O8P.C18H25ClN5O7P.C17H23ClN9O6P/c19-17-22-14(21-10-3-1-2-4-10)12-6-20-24(15(12)23-17)16-13(27)5-11(32-16)7-31-18(8-25,9-26)33(28,29)30;19-17-22-14(21-10-3-1-2-4-10)12-6-20-24(15(12)23-17)16-13(25)5-11(31-16)7-30-18(8-29-9-18)32(26,27)28;18-17-21-12(20-8-3-1-2-4-8)10-6-19-27(14(10)22-17)15-11(28)5-9(33-15)7-32-16(34(29,30)31)13-23-25-26-24-13/h6,10-11,13,16,25-27H,1-5,7-9H2,(H,21,22,23)(H2,28,29,30);6,10-11,13,16,25H,1-5,7-9H2,(H,21,22,23)(H2,26,27,28);6,8-9,11,15-16,28H,1-5,7H2,(H,20,21,22)(H2,29,30,31)(H,23,24,25,26)/t2*11-,13+,16+;9-,11+,15+,16?/m000/s1. The molecular formula is C53H75Cl3N19O21P3. The Morgan fingerprint density at radius 2 is 0.970 bits per heavy atom. The van der Waals surface area contributed by atoms with Crippen molar-refractivity contribution in [3.63, 3.8) is 0 Å². The van der Waals surface area contributed by atoms with E-state index in [9.17, 15) is 68.6 Å². The van der Waals surface area contributed by atoms with E-state index in [1.807, 2.05) is 0 Å². The van der Waals surface area contributed by atoms with Gasteiger partial charge in [0.05, 0.1) is 99.3 Å². The van der Waals surface area contributed by atoms with Crippen LogP contribution in [0.5, 0.6) is 0 Å². The number of halogens is 3. The van der Waals surface area contributed by atoms with Crippen molar-refractivity contribution in [1.82, 2.24) is 79.9 Å². The van der Waals surface area contributed by atoms with Crippen molar-refractivity contribution < 1.29 is 102 Å². The zero-order valence-corrected chi connectivity index (χ0v) is 57.4. The summed E-state index contributed by atoms with van der Waals surface area (Å²) in [7, 11) is -14.2. The molecule has 1 unspecified atom stereocenters. The highest BCUT2D eigenvalue weighted by atomic mass is 35.5. The maximum Gasteiger partial charge on any atom is 0.362 e. The Kier molecular flexibility index (Phi) is 22.9. The van der Waals surface area contributed by atoms with Crippen LogP contribution in [0.4, 0.5) is 17.5 Å². The van der Waals surface area contributed by atoms with Crippen LogP contribution in [-0.2, 0) is 46.9 Å². The third-order valence-corrected chi connectivity index (χ3v) is 22.6. The lowest BCUT2D eigenvalue weighted by atomic mass is 10.2. The first-order valence-electron chi connectivity index (χ1n) is 31.8. The van der Waals surface area contributed by atoms with Gasteiger partial charge in [0.15, 0.2) is 35.6 Å². The van der Waals surface area contributed by atoms with Crippen LogP contribution in [0.3, 0.4) is 0 Å². The van der Waals surface area contributed by atoms with E-state index >= 15 is 0 Å². The van der Waals surface area contributed by atoms with Crippen LogP contribution in [0, 0.1) is 0 Å². The molecule has 15 N–H and O–H groups in total. The highest BCUT2D eigenvalue weighted by Gasteiger charge is 2.56. The molecular weight excluding hydrogens is 1440 g/mol. The number of nitrogens with zero attached hydrogens (tertiary/aromatic N) is 15. The predicted octanol–water partition coefficient (Wildman–Crippen LogP) is 2.65. The lowest BCUT2D eigenvalue weighted by Crippen LogP contribution is -2.52. The molecule has 4 saturated heterocycles. The molecule has 10 atom stereocenters. The van der Waals surface area contributed by atoms with Gasteiger partial charge in [-0.25, -0.2) is 14.0 Å². The Hall–Kier alpha value is -5.04. The molecule has 0 bridgehead atoms. The van der Waals surface area contributed by atoms with Gasteiger partial charge in [0.1, 0.15) is 35.8 Å². The zero-order chi connectivity index (χ0) is 70.2. The number of ether oxygens (including phenoxy) is 7. The Morgan fingerprint density at radius 1 is 0.586 bits per heavy atom. The second-order valence-corrected chi connectivity index (χ2v) is 31.7. The SMILES string of the molecule is O=P(O)(O)C(CO)(CO)OC[C@@H]1C[C@@H](O)[C@H](n2ncc3c(NC4CCCC4)nc(Cl)nc32)O1.O=P(O)(O)C(OC[C@@H]1C[C@@H](O)[C@H](n2ncc3c(NC4CCCC4)nc(Cl)nc32)O1)c1nn[nH]n1.O=P(O)(O)C1(OC[C@@H]2C[C@@H](O)[C@H](n3ncc4c(NC5CCCC5)nc(Cl)nc43)O2)COC1. The number of anilines is 3. The van der Waals surface area contributed by atoms with Crippen LogP contribution < -0.4 is 16.0 Å². The molecule has 7 aromatic heterocycles. The average Bonchev–Trinajstić information content (AvgIpc) is 1.71. The van der Waals surface area contributed by atoms with Crippen molar-refractivity contribution in [1.29, 1.82) is 0 Å². The predicted molar refractivity (Wildman–Crippen MR) is 344 cm³/mol. The number of aromatic amines is 1. The molecule has 0 amide bonds. The maximum absolute atomic E-state index is 11.8. The third kappa shape index (κ3) is 16.3. The molecule has 0 spiro atoms. The summed E-state index contributed by atoms with van der Waals surface area (Å²) in [5.74, 6) is -0.278. The fraction of sp³-hybridized carbons (Fsp3) is 0.698. The van der Waals surface area contributed by atoms with Gasteiger partial charge in [0, 0.05) is 37.4 Å². The number of aliphatic hydroxyl groups excluding tert-OH is 5. The largest absolute Gasteiger partial charge is 0.393 e. The molecule has 3 saturated carbocycles. The number of hydrogen-bond acceptors (Lipinski definition) is 30. The summed E-state index contributed by atoms with van der Waals surface area (Å²) in [6.07, 6.45) is 10.6. The van der Waals surface area contributed by atoms with Gasteiger partial charge in [-0.2, -0.15) is 50.4 Å². The molecule has 0 aromatic carbocycles. The number of tetrazole rings is 1. The zero-order valence-electron chi connectivity index (χ0n) is 52.5. The van der Waals surface area contributed by atoms with Crippen LogP contribution in [0.2, 0.25) is 15.9 Å². The number of aromatic nitrogens is 16. The summed E-state index contributed by atoms with van der Waals surface area (Å²) in [6.45, 7) is -3.29. The molecule has 3 aliphatic carbocycles. The van der Waals surface area contributed by atoms with Crippen molar-refractivity contribution >= 4 is 108 Å². The highest BCUT2D eigenvalue weighted by Crippen LogP contribution is 2.56. The lowest BCUT2D eigenvalue weighted by Gasteiger charge is -2.41. The van der Waals surface area contributed by atoms with Crippen molar-refractivity contribution in [3.05, 3.63) is 40.3 Å². The van der Waals surface area contributed by atoms with E-state index in [4.69, 9.17) is 68.0 Å². The summed E-state index contributed by atoms with van der Waals surface area (Å²) in [5.41, 5.74) is 1.18. The summed E-state index contributed by atoms with van der Waals surface area (Å²) in [4.78, 5) is 82.9. The molecule has 7 aromatic rings. The molecule has 99 heavy (non-hydrogen) atoms. The highest BCUT2D eigenvalue weighted by molar-refractivity contribution is 7.53. The van der Waals surface area contributed by atoms with Gasteiger partial charge in [-0.05, 0) is 73.3 Å². The summed E-state index contributed by atoms with van der Waals surface area (Å²) >= 11 is 18.5. The van der Waals surface area contributed by atoms with Crippen molar-refractivity contribution in [3.8, 4) is 0 Å². The van der Waals surface area contributed by atoms with Gasteiger partial charge in [-0.3, -0.25) is 13.7 Å². The first-order valence-corrected chi connectivity index (χ1v) is 37.9. The van der Waals surface area contributed by atoms with Crippen molar-refractivity contribution in [2.75, 3.05) is 62.2 Å². The average molecular weight is 1510 g/mol. The quantitative estimate of drug-likeness (QED) is 0.0305. The molecule has 14 rings (SSSR count). The van der Waals surface area contributed by atoms with Gasteiger partial charge in [-0.1, -0.05) is 43.7 Å². The van der Waals surface area contributed by atoms with Crippen LogP contribution in [0.25, 0.3) is 33.1 Å². The van der Waals surface area contributed by atoms with E-state index in [-0.39, 0.29) is 80.0 Å². The smallest absolute Gasteiger partial charge is 0.362 e. The van der Waals surface area contributed by atoms with Gasteiger partial charge in [-0.15, -0.1) is 10.2 Å². The normalized spacial score (nSPS) is 25.9. The van der Waals surface area contributed by atoms with Gasteiger partial charge in [0.2, 0.25) is 38.2 Å². The lowest BCUT2D eigenvalue weighted by molar-refractivity contribution is -0.185. The van der Waals surface area contributed by atoms with E-state index in [1.165, 1.54) is 26.9 Å². The molecule has 46 heteroatoms. The van der Waals surface area contributed by atoms with Crippen LogP contribution >= 0.6 is 57.6 Å². The second-order valence-electron chi connectivity index (χ2n) is 25.2. The van der Waals surface area contributed by atoms with E-state index in [0.29, 0.717) is 62.6 Å². The first-order chi connectivity index (χ1) is 47.2. The minimum atomic E-state index is -5.00. The minimum Gasteiger partial charge on any atom is -0.393 e. The van der Waals surface area contributed by atoms with E-state index in [2.05, 4.69) is 81.8 Å². The molecule has 544 valence electrons. The van der Waals surface area contributed by atoms with Gasteiger partial charge < -0.3 is 104 Å². The van der Waals surface area contributed by atoms with E-state index in [1.54, 1.807) is 18.6 Å². The monoisotopic (exact) mass is 1510 g/mol. The maximum atomic E-state index is 11.8. The fourth-order valence-corrected chi connectivity index (χ4v) is 15.4. The minimum absolute atomic E-state index is 0.00874. The molecule has 11 heterocycles. The van der Waals surface area contributed by atoms with Crippen molar-refractivity contribution in [2.24, 2.45) is 0 Å². The number of rotatable bonds is 24. The van der Waals surface area contributed by atoms with Gasteiger partial charge in [0.25, 0.3) is 0 Å². The molecule has 7 fully saturated rings. The Balaban J connectivity index is 0.000000141. The fourth-order valence-electron chi connectivity index (χ4n) is 12.9. The van der Waals surface area contributed by atoms with E-state index < -0.39 is 108 Å². The Labute approximate surface area is 576 Å². The van der Waals surface area contributed by atoms with Crippen LogP contribution in [0.1, 0.15) is 127 Å². The molecule has 4 aliphatic heterocycles. The Bertz CT molecular complexity index is 4060. The third-order valence-electron chi connectivity index (χ3n) is 18.2. The molecule has 0 radical (unpaired) electrons. The van der Waals surface area contributed by atoms with Gasteiger partial charge >= 0.3 is 22.8 Å². The summed E-state index contributed by atoms with van der Waals surface area (Å²) in [6, 6.07) is 0.900. The number of hydrogen-bond donors (Lipinski definition) is 15. The Morgan fingerprint density at radius 3 is 1.29 bits per heavy atom. The summed E-state index contributed by atoms with van der Waals surface area (Å²) in [5, 5.41) is 84.3. The molecule has 7 aliphatic rings. The first kappa shape index (κ1) is 73.7. The van der Waals surface area contributed by atoms with E-state index in [0.717, 1.165) is 64.2 Å². The van der Waals surface area contributed by atoms with Crippen LogP contribution in [-0.4, -0.2) is 246 Å². The summed E-state index contributed by atoms with van der Waals surface area (Å²) < 4.78 is 78.2. The second kappa shape index (κ2) is 30.7. The topological polar surface area (TPSA) is 560 Å².